The largest absolute Gasteiger partial charge is 0.395 e. The van der Waals surface area contributed by atoms with Crippen molar-refractivity contribution in [1.29, 1.82) is 0 Å². The van der Waals surface area contributed by atoms with Gasteiger partial charge in [-0.25, -0.2) is 0 Å². The first-order chi connectivity index (χ1) is 12.2. The molecular formula is C22H30NOP. The van der Waals surface area contributed by atoms with E-state index in [1.807, 2.05) is 0 Å². The van der Waals surface area contributed by atoms with E-state index >= 15 is 0 Å². The first kappa shape index (κ1) is 18.6. The lowest BCUT2D eigenvalue weighted by atomic mass is 9.98. The molecule has 1 saturated carbocycles. The first-order valence-electron chi connectivity index (χ1n) is 9.43. The fraction of sp³-hybridized carbons (Fsp3) is 0.455. The first-order valence-corrected chi connectivity index (χ1v) is 10.8. The van der Waals surface area contributed by atoms with Gasteiger partial charge in [0.15, 0.2) is 0 Å². The Labute approximate surface area is 153 Å². The second-order valence-corrected chi connectivity index (χ2v) is 9.58. The predicted molar refractivity (Wildman–Crippen MR) is 109 cm³/mol. The molecule has 134 valence electrons. The Kier molecular flexibility index (Phi) is 6.64. The third kappa shape index (κ3) is 4.31. The summed E-state index contributed by atoms with van der Waals surface area (Å²) in [6, 6.07) is 22.7. The van der Waals surface area contributed by atoms with E-state index in [9.17, 15) is 5.11 Å². The van der Waals surface area contributed by atoms with Crippen LogP contribution in [0.3, 0.4) is 0 Å². The molecule has 1 unspecified atom stereocenters. The molecule has 1 fully saturated rings. The van der Waals surface area contributed by atoms with Gasteiger partial charge in [0.05, 0.1) is 6.61 Å². The molecule has 0 radical (unpaired) electrons. The van der Waals surface area contributed by atoms with Crippen molar-refractivity contribution in [2.45, 2.75) is 37.9 Å². The molecule has 2 aromatic carbocycles. The van der Waals surface area contributed by atoms with E-state index in [-0.39, 0.29) is 14.5 Å². The minimum atomic E-state index is -0.347. The molecule has 0 heterocycles. The van der Waals surface area contributed by atoms with E-state index in [0.717, 1.165) is 12.2 Å². The molecule has 2 nitrogen and oxygen atoms in total. The quantitative estimate of drug-likeness (QED) is 0.767. The van der Waals surface area contributed by atoms with E-state index in [0.29, 0.717) is 12.0 Å². The summed E-state index contributed by atoms with van der Waals surface area (Å²) in [5.74, 6) is 0.697. The van der Waals surface area contributed by atoms with Gasteiger partial charge in [-0.2, -0.15) is 0 Å². The summed E-state index contributed by atoms with van der Waals surface area (Å²) in [5.41, 5.74) is 0.718. The average Bonchev–Trinajstić information content (AvgIpc) is 3.12. The molecule has 0 aromatic heterocycles. The summed E-state index contributed by atoms with van der Waals surface area (Å²) in [7, 11) is 1.81. The molecule has 2 aromatic rings. The van der Waals surface area contributed by atoms with Crippen molar-refractivity contribution in [2.24, 2.45) is 5.92 Å². The predicted octanol–water partition coefficient (Wildman–Crippen LogP) is 3.60. The van der Waals surface area contributed by atoms with Crippen LogP contribution in [0, 0.1) is 5.92 Å². The highest BCUT2D eigenvalue weighted by molar-refractivity contribution is 7.73. The lowest BCUT2D eigenvalue weighted by Crippen LogP contribution is -2.41. The SMILES string of the molecule is C[C@@H](C1CCC[C@@H]1P(c1ccccc1)c1ccccc1)N(C)CCO. The normalized spacial score (nSPS) is 21.8. The van der Waals surface area contributed by atoms with Crippen LogP contribution < -0.4 is 10.6 Å². The number of nitrogens with zero attached hydrogens (tertiary/aromatic N) is 1. The lowest BCUT2D eigenvalue weighted by molar-refractivity contribution is 0.153. The molecule has 0 aliphatic heterocycles. The Morgan fingerprint density at radius 2 is 1.56 bits per heavy atom. The Hall–Kier alpha value is -1.21. The molecule has 3 rings (SSSR count). The highest BCUT2D eigenvalue weighted by Crippen LogP contribution is 2.51. The van der Waals surface area contributed by atoms with Crippen molar-refractivity contribution < 1.29 is 5.11 Å². The zero-order chi connectivity index (χ0) is 17.6. The van der Waals surface area contributed by atoms with Gasteiger partial charge in [-0.3, -0.25) is 0 Å². The van der Waals surface area contributed by atoms with E-state index in [1.165, 1.54) is 29.9 Å². The Bertz CT molecular complexity index is 593. The third-order valence-corrected chi connectivity index (χ3v) is 8.71. The summed E-state index contributed by atoms with van der Waals surface area (Å²) >= 11 is 0. The zero-order valence-electron chi connectivity index (χ0n) is 15.4. The summed E-state index contributed by atoms with van der Waals surface area (Å²) < 4.78 is 0. The van der Waals surface area contributed by atoms with Crippen LogP contribution in [0.15, 0.2) is 60.7 Å². The van der Waals surface area contributed by atoms with Gasteiger partial charge < -0.3 is 10.0 Å². The maximum Gasteiger partial charge on any atom is 0.0558 e. The Morgan fingerprint density at radius 1 is 1.00 bits per heavy atom. The highest BCUT2D eigenvalue weighted by atomic mass is 31.1. The smallest absolute Gasteiger partial charge is 0.0558 e. The van der Waals surface area contributed by atoms with Crippen LogP contribution in [0.25, 0.3) is 0 Å². The number of hydrogen-bond donors (Lipinski definition) is 1. The van der Waals surface area contributed by atoms with E-state index in [2.05, 4.69) is 79.5 Å². The minimum absolute atomic E-state index is 0.240. The molecule has 3 heteroatoms. The average molecular weight is 355 g/mol. The molecule has 0 spiro atoms. The van der Waals surface area contributed by atoms with E-state index in [4.69, 9.17) is 0 Å². The van der Waals surface area contributed by atoms with Crippen molar-refractivity contribution in [3.63, 3.8) is 0 Å². The van der Waals surface area contributed by atoms with Gasteiger partial charge in [0.2, 0.25) is 0 Å². The van der Waals surface area contributed by atoms with Crippen LogP contribution in [-0.2, 0) is 0 Å². The summed E-state index contributed by atoms with van der Waals surface area (Å²) in [5, 5.41) is 12.3. The van der Waals surface area contributed by atoms with Crippen molar-refractivity contribution in [1.82, 2.24) is 4.90 Å². The fourth-order valence-electron chi connectivity index (χ4n) is 4.25. The van der Waals surface area contributed by atoms with Crippen LogP contribution in [0.1, 0.15) is 26.2 Å². The van der Waals surface area contributed by atoms with E-state index in [1.54, 1.807) is 0 Å². The van der Waals surface area contributed by atoms with Crippen molar-refractivity contribution in [2.75, 3.05) is 20.2 Å². The van der Waals surface area contributed by atoms with E-state index < -0.39 is 0 Å². The van der Waals surface area contributed by atoms with Gasteiger partial charge in [-0.15, -0.1) is 0 Å². The second-order valence-electron chi connectivity index (χ2n) is 7.15. The highest BCUT2D eigenvalue weighted by Gasteiger charge is 2.38. The number of hydrogen-bond acceptors (Lipinski definition) is 2. The monoisotopic (exact) mass is 355 g/mol. The number of benzene rings is 2. The van der Waals surface area contributed by atoms with Gasteiger partial charge in [-0.1, -0.05) is 67.1 Å². The summed E-state index contributed by atoms with van der Waals surface area (Å²) in [6.07, 6.45) is 3.95. The van der Waals surface area contributed by atoms with Gasteiger partial charge in [-0.05, 0) is 56.9 Å². The summed E-state index contributed by atoms with van der Waals surface area (Å²) in [6.45, 7) is 3.35. The van der Waals surface area contributed by atoms with Crippen LogP contribution >= 0.6 is 7.92 Å². The van der Waals surface area contributed by atoms with Crippen LogP contribution in [0.5, 0.6) is 0 Å². The van der Waals surface area contributed by atoms with Gasteiger partial charge in [0.25, 0.3) is 0 Å². The van der Waals surface area contributed by atoms with Gasteiger partial charge in [0.1, 0.15) is 0 Å². The van der Waals surface area contributed by atoms with Gasteiger partial charge in [0, 0.05) is 12.6 Å². The van der Waals surface area contributed by atoms with Crippen molar-refractivity contribution in [3.05, 3.63) is 60.7 Å². The molecule has 1 N–H and O–H groups in total. The van der Waals surface area contributed by atoms with Crippen LogP contribution in [0.2, 0.25) is 0 Å². The van der Waals surface area contributed by atoms with Crippen LogP contribution in [0.4, 0.5) is 0 Å². The molecule has 3 atom stereocenters. The lowest BCUT2D eigenvalue weighted by Gasteiger charge is -2.37. The number of likely N-dealkylation sites (N-methyl/N-ethyl adjacent to an activating group) is 1. The molecule has 1 aliphatic rings. The second kappa shape index (κ2) is 8.94. The maximum absolute atomic E-state index is 9.32. The topological polar surface area (TPSA) is 23.5 Å². The van der Waals surface area contributed by atoms with Crippen molar-refractivity contribution >= 4 is 18.5 Å². The van der Waals surface area contributed by atoms with Crippen molar-refractivity contribution in [3.8, 4) is 0 Å². The molecule has 25 heavy (non-hydrogen) atoms. The number of aliphatic hydroxyl groups excluding tert-OH is 1. The third-order valence-electron chi connectivity index (χ3n) is 5.70. The van der Waals surface area contributed by atoms with Crippen LogP contribution in [-0.4, -0.2) is 41.9 Å². The summed E-state index contributed by atoms with van der Waals surface area (Å²) in [4.78, 5) is 2.34. The fourth-order valence-corrected chi connectivity index (χ4v) is 7.52. The minimum Gasteiger partial charge on any atom is -0.395 e. The molecule has 0 amide bonds. The molecular weight excluding hydrogens is 325 g/mol. The zero-order valence-corrected chi connectivity index (χ0v) is 16.3. The Balaban J connectivity index is 1.92. The Morgan fingerprint density at radius 3 is 2.08 bits per heavy atom. The molecule has 1 aliphatic carbocycles. The standard InChI is InChI=1S/C22H30NOP/c1-18(23(2)16-17-24)21-14-9-15-22(21)25(19-10-5-3-6-11-19)20-12-7-4-8-13-20/h3-8,10-13,18,21-22,24H,9,14-17H2,1-2H3/t18-,21?,22-/m0/s1. The maximum atomic E-state index is 9.32. The van der Waals surface area contributed by atoms with Gasteiger partial charge >= 0.3 is 0 Å². The molecule has 0 saturated heterocycles. The number of aliphatic hydroxyl groups is 1. The molecule has 0 bridgehead atoms. The number of rotatable bonds is 7.